The number of primary amides is 1. The summed E-state index contributed by atoms with van der Waals surface area (Å²) in [6.45, 7) is 2.82. The van der Waals surface area contributed by atoms with Crippen LogP contribution < -0.4 is 10.6 Å². The summed E-state index contributed by atoms with van der Waals surface area (Å²) in [5.74, 6) is 1.27. The van der Waals surface area contributed by atoms with E-state index in [1.54, 1.807) is 29.2 Å². The van der Waals surface area contributed by atoms with Gasteiger partial charge in [-0.2, -0.15) is 9.97 Å². The van der Waals surface area contributed by atoms with E-state index in [0.29, 0.717) is 70.4 Å². The minimum atomic E-state index is -0.586. The van der Waals surface area contributed by atoms with E-state index in [4.69, 9.17) is 43.9 Å². The lowest BCUT2D eigenvalue weighted by Crippen LogP contribution is -2.45. The Morgan fingerprint density at radius 3 is 2.42 bits per heavy atom. The molecule has 0 bridgehead atoms. The molecule has 0 unspecified atom stereocenters. The molecule has 4 heterocycles. The molecule has 0 atom stereocenters. The van der Waals surface area contributed by atoms with E-state index < -0.39 is 5.41 Å². The third-order valence-corrected chi connectivity index (χ3v) is 8.05. The number of hydrogen-bond donors (Lipinski definition) is 2. The van der Waals surface area contributed by atoms with Gasteiger partial charge in [0.25, 0.3) is 0 Å². The number of piperidine rings is 1. The standard InChI is InChI=1S/C28H26Cl2N8O2/c1-28(26(31)40)10-12-36(13-11-28)24-22-25(35-27(34-24)37-14-18(15-39)32-16-37)38(19-8-6-17(29)7-9-19)23(33-22)20-4-2-3-5-21(20)30/h2-9,14,16,39H,10-13,15H2,1H3,(H2,31,40). The average molecular weight is 577 g/mol. The van der Waals surface area contributed by atoms with Crippen molar-refractivity contribution in [3.63, 3.8) is 0 Å². The SMILES string of the molecule is CC1(C(N)=O)CCN(c2nc(-n3cnc(CO)c3)nc3c2nc(-c2ccccc2Cl)n3-c2ccc(Cl)cc2)CC1. The molecule has 0 radical (unpaired) electrons. The Hall–Kier alpha value is -3.99. The molecule has 40 heavy (non-hydrogen) atoms. The Kier molecular flexibility index (Phi) is 6.69. The van der Waals surface area contributed by atoms with E-state index in [1.165, 1.54) is 0 Å². The van der Waals surface area contributed by atoms with E-state index in [1.807, 2.05) is 47.9 Å². The highest BCUT2D eigenvalue weighted by Crippen LogP contribution is 2.38. The lowest BCUT2D eigenvalue weighted by Gasteiger charge is -2.37. The number of aromatic nitrogens is 6. The number of nitrogens with zero attached hydrogens (tertiary/aromatic N) is 7. The average Bonchev–Trinajstić information content (AvgIpc) is 3.59. The van der Waals surface area contributed by atoms with Crippen molar-refractivity contribution >= 4 is 46.1 Å². The fourth-order valence-electron chi connectivity index (χ4n) is 4.94. The first kappa shape index (κ1) is 26.2. The summed E-state index contributed by atoms with van der Waals surface area (Å²) in [4.78, 5) is 33.4. The maximum atomic E-state index is 12.1. The van der Waals surface area contributed by atoms with Crippen LogP contribution in [-0.2, 0) is 11.4 Å². The third kappa shape index (κ3) is 4.57. The molecule has 6 rings (SSSR count). The van der Waals surface area contributed by atoms with E-state index in [0.717, 1.165) is 11.3 Å². The Balaban J connectivity index is 1.62. The van der Waals surface area contributed by atoms with Crippen molar-refractivity contribution in [2.75, 3.05) is 18.0 Å². The van der Waals surface area contributed by atoms with Crippen LogP contribution in [0, 0.1) is 5.41 Å². The zero-order valence-corrected chi connectivity index (χ0v) is 23.1. The van der Waals surface area contributed by atoms with Crippen LogP contribution in [-0.4, -0.2) is 53.2 Å². The molecule has 204 valence electrons. The molecular formula is C28H26Cl2N8O2. The van der Waals surface area contributed by atoms with E-state index >= 15 is 0 Å². The number of rotatable bonds is 6. The Bertz CT molecular complexity index is 1720. The number of aliphatic hydroxyl groups is 1. The summed E-state index contributed by atoms with van der Waals surface area (Å²) in [6, 6.07) is 14.9. The minimum Gasteiger partial charge on any atom is -0.390 e. The molecule has 5 aromatic rings. The predicted molar refractivity (Wildman–Crippen MR) is 154 cm³/mol. The topological polar surface area (TPSA) is 128 Å². The van der Waals surface area contributed by atoms with Gasteiger partial charge in [0.05, 0.1) is 17.3 Å². The van der Waals surface area contributed by atoms with Crippen molar-refractivity contribution in [2.45, 2.75) is 26.4 Å². The highest BCUT2D eigenvalue weighted by molar-refractivity contribution is 6.33. The normalized spacial score (nSPS) is 15.1. The van der Waals surface area contributed by atoms with Crippen molar-refractivity contribution in [3.05, 3.63) is 76.8 Å². The second-order valence-corrected chi connectivity index (χ2v) is 10.9. The maximum Gasteiger partial charge on any atom is 0.239 e. The monoisotopic (exact) mass is 576 g/mol. The molecular weight excluding hydrogens is 551 g/mol. The molecule has 0 aliphatic carbocycles. The van der Waals surface area contributed by atoms with Crippen LogP contribution in [0.4, 0.5) is 5.82 Å². The molecule has 0 spiro atoms. The fourth-order valence-corrected chi connectivity index (χ4v) is 5.29. The number of anilines is 1. The highest BCUT2D eigenvalue weighted by atomic mass is 35.5. The van der Waals surface area contributed by atoms with Crippen LogP contribution in [0.2, 0.25) is 10.0 Å². The van der Waals surface area contributed by atoms with Crippen LogP contribution in [0.1, 0.15) is 25.5 Å². The van der Waals surface area contributed by atoms with Gasteiger partial charge in [0.1, 0.15) is 12.2 Å². The van der Waals surface area contributed by atoms with Crippen molar-refractivity contribution < 1.29 is 9.90 Å². The number of benzene rings is 2. The molecule has 3 aromatic heterocycles. The van der Waals surface area contributed by atoms with Gasteiger partial charge in [0.2, 0.25) is 11.9 Å². The smallest absolute Gasteiger partial charge is 0.239 e. The number of imidazole rings is 2. The van der Waals surface area contributed by atoms with Crippen molar-refractivity contribution in [2.24, 2.45) is 11.1 Å². The number of halogens is 2. The van der Waals surface area contributed by atoms with Gasteiger partial charge < -0.3 is 15.7 Å². The Morgan fingerprint density at radius 2 is 1.77 bits per heavy atom. The van der Waals surface area contributed by atoms with Gasteiger partial charge >= 0.3 is 0 Å². The second kappa shape index (κ2) is 10.2. The van der Waals surface area contributed by atoms with Crippen LogP contribution >= 0.6 is 23.2 Å². The number of carbonyl (C=O) groups excluding carboxylic acids is 1. The summed E-state index contributed by atoms with van der Waals surface area (Å²) in [7, 11) is 0. The van der Waals surface area contributed by atoms with Crippen LogP contribution in [0.5, 0.6) is 0 Å². The van der Waals surface area contributed by atoms with Gasteiger partial charge in [0, 0.05) is 41.0 Å². The summed E-state index contributed by atoms with van der Waals surface area (Å²) >= 11 is 12.9. The zero-order valence-electron chi connectivity index (χ0n) is 21.6. The predicted octanol–water partition coefficient (Wildman–Crippen LogP) is 4.56. The number of carbonyl (C=O) groups is 1. The number of amides is 1. The van der Waals surface area contributed by atoms with Gasteiger partial charge in [-0.1, -0.05) is 42.3 Å². The molecule has 0 saturated carbocycles. The van der Waals surface area contributed by atoms with Crippen LogP contribution in [0.15, 0.2) is 61.1 Å². The molecule has 1 saturated heterocycles. The summed E-state index contributed by atoms with van der Waals surface area (Å²) in [5, 5.41) is 10.7. The quantitative estimate of drug-likeness (QED) is 0.303. The molecule has 1 aliphatic rings. The van der Waals surface area contributed by atoms with Gasteiger partial charge in [-0.3, -0.25) is 13.9 Å². The maximum absolute atomic E-state index is 12.1. The Morgan fingerprint density at radius 1 is 1.05 bits per heavy atom. The van der Waals surface area contributed by atoms with Crippen molar-refractivity contribution in [1.29, 1.82) is 0 Å². The fraction of sp³-hybridized carbons (Fsp3) is 0.250. The lowest BCUT2D eigenvalue weighted by atomic mass is 9.80. The highest BCUT2D eigenvalue weighted by Gasteiger charge is 2.37. The van der Waals surface area contributed by atoms with Gasteiger partial charge in [0.15, 0.2) is 17.0 Å². The number of aliphatic hydroxyl groups excluding tert-OH is 1. The first-order valence-electron chi connectivity index (χ1n) is 12.8. The van der Waals surface area contributed by atoms with Crippen molar-refractivity contribution in [1.82, 2.24) is 29.1 Å². The van der Waals surface area contributed by atoms with Gasteiger partial charge in [-0.15, -0.1) is 0 Å². The third-order valence-electron chi connectivity index (χ3n) is 7.47. The summed E-state index contributed by atoms with van der Waals surface area (Å²) in [5.41, 5.74) is 8.28. The molecule has 1 amide bonds. The van der Waals surface area contributed by atoms with E-state index in [-0.39, 0.29) is 12.5 Å². The van der Waals surface area contributed by atoms with Gasteiger partial charge in [-0.25, -0.2) is 9.97 Å². The second-order valence-electron chi connectivity index (χ2n) is 10.1. The largest absolute Gasteiger partial charge is 0.390 e. The molecule has 1 fully saturated rings. The first-order chi connectivity index (χ1) is 19.3. The molecule has 12 heteroatoms. The Labute approximate surface area is 240 Å². The molecule has 2 aromatic carbocycles. The molecule has 10 nitrogen and oxygen atoms in total. The molecule has 1 aliphatic heterocycles. The number of hydrogen-bond acceptors (Lipinski definition) is 7. The lowest BCUT2D eigenvalue weighted by molar-refractivity contribution is -0.127. The number of fused-ring (bicyclic) bond motifs is 1. The summed E-state index contributed by atoms with van der Waals surface area (Å²) in [6.07, 6.45) is 4.41. The first-order valence-corrected chi connectivity index (χ1v) is 13.5. The van der Waals surface area contributed by atoms with Crippen LogP contribution in [0.25, 0.3) is 34.2 Å². The molecule has 3 N–H and O–H groups in total. The number of nitrogens with two attached hydrogens (primary N) is 1. The minimum absolute atomic E-state index is 0.209. The summed E-state index contributed by atoms with van der Waals surface area (Å²) < 4.78 is 3.60. The van der Waals surface area contributed by atoms with E-state index in [2.05, 4.69) is 9.88 Å². The van der Waals surface area contributed by atoms with E-state index in [9.17, 15) is 9.90 Å². The zero-order chi connectivity index (χ0) is 28.0. The van der Waals surface area contributed by atoms with Crippen LogP contribution in [0.3, 0.4) is 0 Å². The van der Waals surface area contributed by atoms with Gasteiger partial charge in [-0.05, 0) is 49.2 Å². The van der Waals surface area contributed by atoms with Crippen molar-refractivity contribution in [3.8, 4) is 23.0 Å².